The van der Waals surface area contributed by atoms with Gasteiger partial charge in [-0.2, -0.15) is 0 Å². The number of sulfonamides is 1. The molecule has 0 heterocycles. The van der Waals surface area contributed by atoms with Crippen molar-refractivity contribution in [2.24, 2.45) is 5.73 Å². The minimum atomic E-state index is -3.52. The first-order valence-electron chi connectivity index (χ1n) is 7.00. The lowest BCUT2D eigenvalue weighted by molar-refractivity contribution is 0.120. The monoisotopic (exact) mass is 308 g/mol. The minimum absolute atomic E-state index is 0.102. The van der Waals surface area contributed by atoms with E-state index in [0.29, 0.717) is 25.7 Å². The van der Waals surface area contributed by atoms with Crippen molar-refractivity contribution in [2.75, 3.05) is 6.54 Å². The highest BCUT2D eigenvalue weighted by atomic mass is 32.2. The number of nitrogens with one attached hydrogen (secondary N) is 1. The standard InChI is InChI=1S/C15H20N2O3S/c16-11-1-2-12-3-9-15(10-4-12)21(19,20)17-13-5-7-14(18)8-6-13/h3-4,9-10,13-14,17-18H,5-8,11,16H2. The Kier molecular flexibility index (Phi) is 5.37. The molecule has 0 aliphatic heterocycles. The molecule has 0 spiro atoms. The number of hydrogen-bond acceptors (Lipinski definition) is 4. The van der Waals surface area contributed by atoms with Crippen molar-refractivity contribution in [2.45, 2.75) is 42.7 Å². The van der Waals surface area contributed by atoms with E-state index in [4.69, 9.17) is 5.73 Å². The van der Waals surface area contributed by atoms with Crippen LogP contribution < -0.4 is 10.5 Å². The quantitative estimate of drug-likeness (QED) is 0.712. The van der Waals surface area contributed by atoms with Gasteiger partial charge in [0, 0.05) is 11.6 Å². The Hall–Kier alpha value is -1.39. The number of rotatable bonds is 3. The predicted octanol–water partition coefficient (Wildman–Crippen LogP) is 0.579. The molecule has 1 aliphatic rings. The van der Waals surface area contributed by atoms with Crippen molar-refractivity contribution >= 4 is 10.0 Å². The summed E-state index contributed by atoms with van der Waals surface area (Å²) >= 11 is 0. The molecular formula is C15H20N2O3S. The van der Waals surface area contributed by atoms with E-state index < -0.39 is 10.0 Å². The third-order valence-electron chi connectivity index (χ3n) is 3.52. The molecule has 0 bridgehead atoms. The van der Waals surface area contributed by atoms with Crippen LogP contribution in [0.15, 0.2) is 29.2 Å². The van der Waals surface area contributed by atoms with Gasteiger partial charge in [-0.05, 0) is 49.9 Å². The molecule has 1 aliphatic carbocycles. The minimum Gasteiger partial charge on any atom is -0.393 e. The molecule has 1 aromatic carbocycles. The fraction of sp³-hybridized carbons (Fsp3) is 0.467. The third-order valence-corrected chi connectivity index (χ3v) is 5.05. The Morgan fingerprint density at radius 1 is 1.19 bits per heavy atom. The fourth-order valence-corrected chi connectivity index (χ4v) is 3.66. The van der Waals surface area contributed by atoms with Crippen molar-refractivity contribution in [3.05, 3.63) is 29.8 Å². The zero-order chi connectivity index (χ0) is 15.3. The zero-order valence-corrected chi connectivity index (χ0v) is 12.6. The lowest BCUT2D eigenvalue weighted by Crippen LogP contribution is -2.38. The molecule has 1 saturated carbocycles. The normalized spacial score (nSPS) is 22.4. The number of benzene rings is 1. The summed E-state index contributed by atoms with van der Waals surface area (Å²) in [4.78, 5) is 0.229. The molecule has 0 atom stereocenters. The van der Waals surface area contributed by atoms with Gasteiger partial charge in [-0.3, -0.25) is 0 Å². The second kappa shape index (κ2) is 7.05. The molecule has 0 saturated heterocycles. The summed E-state index contributed by atoms with van der Waals surface area (Å²) < 4.78 is 27.3. The van der Waals surface area contributed by atoms with Crippen molar-refractivity contribution < 1.29 is 13.5 Å². The molecule has 5 nitrogen and oxygen atoms in total. The molecular weight excluding hydrogens is 288 g/mol. The first-order valence-corrected chi connectivity index (χ1v) is 8.49. The highest BCUT2D eigenvalue weighted by molar-refractivity contribution is 7.89. The van der Waals surface area contributed by atoms with Crippen LogP contribution in [0.3, 0.4) is 0 Å². The Balaban J connectivity index is 2.05. The summed E-state index contributed by atoms with van der Waals surface area (Å²) in [7, 11) is -3.52. The van der Waals surface area contributed by atoms with Gasteiger partial charge in [-0.25, -0.2) is 13.1 Å². The van der Waals surface area contributed by atoms with Gasteiger partial charge in [-0.15, -0.1) is 0 Å². The zero-order valence-electron chi connectivity index (χ0n) is 11.7. The summed E-state index contributed by atoms with van der Waals surface area (Å²) in [5, 5.41) is 9.44. The first kappa shape index (κ1) is 16.0. The smallest absolute Gasteiger partial charge is 0.240 e. The van der Waals surface area contributed by atoms with E-state index >= 15 is 0 Å². The molecule has 1 aromatic rings. The van der Waals surface area contributed by atoms with Gasteiger partial charge in [0.2, 0.25) is 10.0 Å². The Morgan fingerprint density at radius 2 is 1.81 bits per heavy atom. The first-order chi connectivity index (χ1) is 10.0. The van der Waals surface area contributed by atoms with E-state index in [9.17, 15) is 13.5 Å². The molecule has 6 heteroatoms. The molecule has 0 aromatic heterocycles. The van der Waals surface area contributed by atoms with Crippen molar-refractivity contribution in [3.8, 4) is 11.8 Å². The molecule has 0 unspecified atom stereocenters. The van der Waals surface area contributed by atoms with E-state index in [2.05, 4.69) is 16.6 Å². The van der Waals surface area contributed by atoms with Gasteiger partial charge in [-0.1, -0.05) is 11.8 Å². The number of hydrogen-bond donors (Lipinski definition) is 3. The second-order valence-corrected chi connectivity index (χ2v) is 6.87. The lowest BCUT2D eigenvalue weighted by atomic mass is 9.94. The van der Waals surface area contributed by atoms with Crippen LogP contribution in [0, 0.1) is 11.8 Å². The SMILES string of the molecule is NCC#Cc1ccc(S(=O)(=O)NC2CCC(O)CC2)cc1. The maximum atomic E-state index is 12.3. The second-order valence-electron chi connectivity index (χ2n) is 5.16. The van der Waals surface area contributed by atoms with Crippen LogP contribution in [0.25, 0.3) is 0 Å². The van der Waals surface area contributed by atoms with Crippen molar-refractivity contribution in [3.63, 3.8) is 0 Å². The van der Waals surface area contributed by atoms with Crippen LogP contribution in [-0.4, -0.2) is 32.2 Å². The highest BCUT2D eigenvalue weighted by Crippen LogP contribution is 2.20. The molecule has 2 rings (SSSR count). The van der Waals surface area contributed by atoms with Gasteiger partial charge in [0.1, 0.15) is 0 Å². The van der Waals surface area contributed by atoms with Crippen molar-refractivity contribution in [1.29, 1.82) is 0 Å². The van der Waals surface area contributed by atoms with E-state index in [1.165, 1.54) is 0 Å². The van der Waals surface area contributed by atoms with Crippen LogP contribution in [-0.2, 0) is 10.0 Å². The maximum Gasteiger partial charge on any atom is 0.240 e. The van der Waals surface area contributed by atoms with Crippen LogP contribution >= 0.6 is 0 Å². The lowest BCUT2D eigenvalue weighted by Gasteiger charge is -2.25. The molecule has 4 N–H and O–H groups in total. The van der Waals surface area contributed by atoms with Crippen LogP contribution in [0.1, 0.15) is 31.2 Å². The van der Waals surface area contributed by atoms with Crippen LogP contribution in [0.4, 0.5) is 0 Å². The Labute approximate surface area is 125 Å². The fourth-order valence-electron chi connectivity index (χ4n) is 2.35. The molecule has 21 heavy (non-hydrogen) atoms. The number of aliphatic hydroxyl groups excluding tert-OH is 1. The van der Waals surface area contributed by atoms with E-state index in [-0.39, 0.29) is 23.6 Å². The average Bonchev–Trinajstić information content (AvgIpc) is 2.48. The summed E-state index contributed by atoms with van der Waals surface area (Å²) in [6.07, 6.45) is 2.31. The number of aliphatic hydroxyl groups is 1. The highest BCUT2D eigenvalue weighted by Gasteiger charge is 2.24. The summed E-state index contributed by atoms with van der Waals surface area (Å²) in [6, 6.07) is 6.32. The Morgan fingerprint density at radius 3 is 2.38 bits per heavy atom. The van der Waals surface area contributed by atoms with Gasteiger partial charge in [0.15, 0.2) is 0 Å². The van der Waals surface area contributed by atoms with Crippen LogP contribution in [0.5, 0.6) is 0 Å². The van der Waals surface area contributed by atoms with Gasteiger partial charge >= 0.3 is 0 Å². The van der Waals surface area contributed by atoms with Gasteiger partial charge < -0.3 is 10.8 Å². The molecule has 114 valence electrons. The largest absolute Gasteiger partial charge is 0.393 e. The third kappa shape index (κ3) is 4.55. The topological polar surface area (TPSA) is 92.4 Å². The average molecular weight is 308 g/mol. The Bertz CT molecular complexity index is 621. The van der Waals surface area contributed by atoms with E-state index in [1.54, 1.807) is 24.3 Å². The summed E-state index contributed by atoms with van der Waals surface area (Å²) in [5.74, 6) is 5.57. The van der Waals surface area contributed by atoms with Gasteiger partial charge in [0.05, 0.1) is 17.5 Å². The van der Waals surface area contributed by atoms with Crippen molar-refractivity contribution in [1.82, 2.24) is 4.72 Å². The predicted molar refractivity (Wildman–Crippen MR) is 81.0 cm³/mol. The molecule has 1 fully saturated rings. The van der Waals surface area contributed by atoms with Gasteiger partial charge in [0.25, 0.3) is 0 Å². The number of nitrogens with two attached hydrogens (primary N) is 1. The molecule has 0 amide bonds. The molecule has 0 radical (unpaired) electrons. The summed E-state index contributed by atoms with van der Waals surface area (Å²) in [6.45, 7) is 0.273. The van der Waals surface area contributed by atoms with E-state index in [0.717, 1.165) is 5.56 Å². The summed E-state index contributed by atoms with van der Waals surface area (Å²) in [5.41, 5.74) is 6.03. The van der Waals surface area contributed by atoms with E-state index in [1.807, 2.05) is 0 Å². The van der Waals surface area contributed by atoms with Crippen LogP contribution in [0.2, 0.25) is 0 Å². The maximum absolute atomic E-state index is 12.3.